The predicted molar refractivity (Wildman–Crippen MR) is 125 cm³/mol. The molecular weight excluding hydrogens is 430 g/mol. The molecule has 2 aromatic carbocycles. The van der Waals surface area contributed by atoms with Crippen LogP contribution in [-0.2, 0) is 15.1 Å². The molecule has 0 bridgehead atoms. The average molecular weight is 458 g/mol. The Bertz CT molecular complexity index is 1090. The largest absolute Gasteiger partial charge is 0.497 e. The number of ether oxygens (including phenoxy) is 2. The third kappa shape index (κ3) is 3.49. The van der Waals surface area contributed by atoms with Gasteiger partial charge in [0.05, 0.1) is 36.5 Å². The van der Waals surface area contributed by atoms with Gasteiger partial charge in [-0.3, -0.25) is 14.9 Å². The van der Waals surface area contributed by atoms with Gasteiger partial charge in [0, 0.05) is 17.7 Å². The molecule has 7 nitrogen and oxygen atoms in total. The molecule has 2 aliphatic heterocycles. The van der Waals surface area contributed by atoms with E-state index >= 15 is 0 Å². The lowest BCUT2D eigenvalue weighted by molar-refractivity contribution is -0.130. The number of aryl methyl sites for hydroxylation is 1. The number of fused-ring (bicyclic) bond motifs is 2. The molecule has 2 aromatic rings. The lowest BCUT2D eigenvalue weighted by atomic mass is 9.79. The summed E-state index contributed by atoms with van der Waals surface area (Å²) in [7, 11) is 3.10. The molecule has 32 heavy (non-hydrogen) atoms. The number of anilines is 2. The molecule has 1 saturated heterocycles. The number of benzene rings is 2. The van der Waals surface area contributed by atoms with Crippen molar-refractivity contribution < 1.29 is 19.1 Å². The van der Waals surface area contributed by atoms with E-state index in [1.807, 2.05) is 19.1 Å². The van der Waals surface area contributed by atoms with Crippen molar-refractivity contribution in [1.82, 2.24) is 5.32 Å². The smallest absolute Gasteiger partial charge is 0.250 e. The van der Waals surface area contributed by atoms with E-state index in [1.165, 1.54) is 7.11 Å². The van der Waals surface area contributed by atoms with Crippen molar-refractivity contribution in [3.05, 3.63) is 46.5 Å². The molecule has 2 heterocycles. The number of nitrogens with one attached hydrogen (secondary N) is 3. The van der Waals surface area contributed by atoms with Crippen molar-refractivity contribution in [2.45, 2.75) is 38.8 Å². The summed E-state index contributed by atoms with van der Waals surface area (Å²) in [6.07, 6.45) is 0.508. The molecule has 0 aliphatic carbocycles. The Morgan fingerprint density at radius 1 is 1.22 bits per heavy atom. The Balaban J connectivity index is 1.78. The lowest BCUT2D eigenvalue weighted by Crippen LogP contribution is -2.52. The predicted octanol–water partition coefficient (Wildman–Crippen LogP) is 4.09. The van der Waals surface area contributed by atoms with Crippen molar-refractivity contribution in [2.75, 3.05) is 24.9 Å². The van der Waals surface area contributed by atoms with Crippen LogP contribution >= 0.6 is 11.6 Å². The van der Waals surface area contributed by atoms with E-state index in [2.05, 4.69) is 29.8 Å². The summed E-state index contributed by atoms with van der Waals surface area (Å²) in [4.78, 5) is 27.1. The minimum absolute atomic E-state index is 0.0195. The Morgan fingerprint density at radius 3 is 2.62 bits per heavy atom. The van der Waals surface area contributed by atoms with Crippen LogP contribution in [0.15, 0.2) is 30.3 Å². The maximum Gasteiger partial charge on any atom is 0.250 e. The zero-order chi connectivity index (χ0) is 23.2. The molecule has 3 N–H and O–H groups in total. The summed E-state index contributed by atoms with van der Waals surface area (Å²) in [5, 5.41) is 9.86. The topological polar surface area (TPSA) is 88.7 Å². The van der Waals surface area contributed by atoms with Crippen LogP contribution in [-0.4, -0.2) is 32.1 Å². The van der Waals surface area contributed by atoms with Crippen molar-refractivity contribution in [2.24, 2.45) is 11.8 Å². The number of carbonyl (C=O) groups excluding carboxylic acids is 2. The maximum atomic E-state index is 13.7. The quantitative estimate of drug-likeness (QED) is 0.629. The van der Waals surface area contributed by atoms with E-state index in [9.17, 15) is 9.59 Å². The van der Waals surface area contributed by atoms with Crippen molar-refractivity contribution >= 4 is 34.8 Å². The molecule has 3 atom stereocenters. The second-order valence-corrected chi connectivity index (χ2v) is 9.18. The van der Waals surface area contributed by atoms with Gasteiger partial charge in [-0.15, -0.1) is 0 Å². The highest BCUT2D eigenvalue weighted by Crippen LogP contribution is 2.50. The van der Waals surface area contributed by atoms with Crippen LogP contribution in [0.4, 0.5) is 11.4 Å². The number of amides is 2. The average Bonchev–Trinajstić information content (AvgIpc) is 3.29. The molecule has 1 spiro atoms. The molecular formula is C24H28ClN3O4. The normalized spacial score (nSPS) is 23.9. The first-order valence-corrected chi connectivity index (χ1v) is 11.0. The van der Waals surface area contributed by atoms with Crippen LogP contribution in [0.3, 0.4) is 0 Å². The van der Waals surface area contributed by atoms with E-state index < -0.39 is 11.5 Å². The standard InChI is InChI=1S/C24H28ClN3O4/c1-12(2)18-11-16(22(29)26-19-10-14(31-4)6-7-20(19)32-5)24(28-18)15-8-13(3)9-17(25)21(15)27-23(24)30/h6-10,12,16,18,28H,11H2,1-5H3,(H,26,29)(H,27,30)/t16-,18-,24+/m1/s1. The first kappa shape index (κ1) is 22.4. The van der Waals surface area contributed by atoms with Gasteiger partial charge in [-0.1, -0.05) is 31.5 Å². The summed E-state index contributed by atoms with van der Waals surface area (Å²) in [6, 6.07) is 8.91. The molecule has 8 heteroatoms. The second-order valence-electron chi connectivity index (χ2n) is 8.77. The van der Waals surface area contributed by atoms with E-state index in [-0.39, 0.29) is 23.8 Å². The summed E-state index contributed by atoms with van der Waals surface area (Å²) in [6.45, 7) is 6.08. The Hall–Kier alpha value is -2.77. The first-order valence-electron chi connectivity index (χ1n) is 10.6. The third-order valence-corrected chi connectivity index (χ3v) is 6.77. The van der Waals surface area contributed by atoms with Gasteiger partial charge in [0.1, 0.15) is 17.0 Å². The van der Waals surface area contributed by atoms with Gasteiger partial charge < -0.3 is 20.1 Å². The van der Waals surface area contributed by atoms with Gasteiger partial charge in [0.15, 0.2) is 0 Å². The van der Waals surface area contributed by atoms with Gasteiger partial charge in [-0.05, 0) is 43.0 Å². The van der Waals surface area contributed by atoms with E-state index in [0.29, 0.717) is 39.9 Å². The fourth-order valence-corrected chi connectivity index (χ4v) is 5.08. The van der Waals surface area contributed by atoms with Crippen molar-refractivity contribution in [1.29, 1.82) is 0 Å². The highest BCUT2D eigenvalue weighted by Gasteiger charge is 2.60. The van der Waals surface area contributed by atoms with Crippen LogP contribution in [0, 0.1) is 18.8 Å². The van der Waals surface area contributed by atoms with E-state index in [1.54, 1.807) is 25.3 Å². The van der Waals surface area contributed by atoms with E-state index in [4.69, 9.17) is 21.1 Å². The highest BCUT2D eigenvalue weighted by atomic mass is 35.5. The molecule has 0 radical (unpaired) electrons. The summed E-state index contributed by atoms with van der Waals surface area (Å²) in [5.41, 5.74) is 1.49. The van der Waals surface area contributed by atoms with Gasteiger partial charge in [0.2, 0.25) is 11.8 Å². The monoisotopic (exact) mass is 457 g/mol. The zero-order valence-electron chi connectivity index (χ0n) is 18.8. The van der Waals surface area contributed by atoms with Gasteiger partial charge in [-0.25, -0.2) is 0 Å². The van der Waals surface area contributed by atoms with Crippen LogP contribution in [0.1, 0.15) is 31.4 Å². The maximum absolute atomic E-state index is 13.7. The number of halogens is 1. The van der Waals surface area contributed by atoms with Crippen molar-refractivity contribution in [3.63, 3.8) is 0 Å². The minimum Gasteiger partial charge on any atom is -0.497 e. The fourth-order valence-electron chi connectivity index (χ4n) is 4.76. The summed E-state index contributed by atoms with van der Waals surface area (Å²) >= 11 is 6.46. The molecule has 2 aliphatic rings. The Morgan fingerprint density at radius 2 is 1.97 bits per heavy atom. The first-order chi connectivity index (χ1) is 15.2. The van der Waals surface area contributed by atoms with Crippen LogP contribution in [0.5, 0.6) is 11.5 Å². The van der Waals surface area contributed by atoms with E-state index in [0.717, 1.165) is 5.56 Å². The second kappa shape index (κ2) is 8.30. The van der Waals surface area contributed by atoms with Crippen molar-refractivity contribution in [3.8, 4) is 11.5 Å². The van der Waals surface area contributed by atoms with Crippen LogP contribution in [0.2, 0.25) is 5.02 Å². The zero-order valence-corrected chi connectivity index (χ0v) is 19.6. The summed E-state index contributed by atoms with van der Waals surface area (Å²) < 4.78 is 10.7. The SMILES string of the molecule is COc1ccc(OC)c(NC(=O)[C@H]2C[C@H](C(C)C)N[C@]23C(=O)Nc2c(Cl)cc(C)cc23)c1. The molecule has 0 saturated carbocycles. The number of hydrogen-bond donors (Lipinski definition) is 3. The van der Waals surface area contributed by atoms with Gasteiger partial charge >= 0.3 is 0 Å². The van der Waals surface area contributed by atoms with Crippen LogP contribution in [0.25, 0.3) is 0 Å². The van der Waals surface area contributed by atoms with Crippen LogP contribution < -0.4 is 25.4 Å². The Labute approximate surface area is 192 Å². The highest BCUT2D eigenvalue weighted by molar-refractivity contribution is 6.35. The summed E-state index contributed by atoms with van der Waals surface area (Å²) in [5.74, 6) is 0.147. The fraction of sp³-hybridized carbons (Fsp3) is 0.417. The number of carbonyl (C=O) groups is 2. The molecule has 170 valence electrons. The molecule has 0 unspecified atom stereocenters. The molecule has 2 amide bonds. The lowest BCUT2D eigenvalue weighted by Gasteiger charge is -2.30. The molecule has 1 fully saturated rings. The molecule has 4 rings (SSSR count). The minimum atomic E-state index is -1.20. The number of methoxy groups -OCH3 is 2. The van der Waals surface area contributed by atoms with Gasteiger partial charge in [-0.2, -0.15) is 0 Å². The third-order valence-electron chi connectivity index (χ3n) is 6.47. The molecule has 0 aromatic heterocycles. The number of rotatable bonds is 5. The van der Waals surface area contributed by atoms with Gasteiger partial charge in [0.25, 0.3) is 0 Å². The Kier molecular flexibility index (Phi) is 5.81. The number of hydrogen-bond acceptors (Lipinski definition) is 5.